The molecule has 0 spiro atoms. The Bertz CT molecular complexity index is 531. The summed E-state index contributed by atoms with van der Waals surface area (Å²) in [6.45, 7) is 0.970. The lowest BCUT2D eigenvalue weighted by Crippen LogP contribution is -2.10. The molecule has 0 unspecified atom stereocenters. The fourth-order valence-electron chi connectivity index (χ4n) is 1.52. The molecule has 0 saturated heterocycles. The first-order valence-corrected chi connectivity index (χ1v) is 6.90. The van der Waals surface area contributed by atoms with Crippen molar-refractivity contribution in [2.45, 2.75) is 5.75 Å². The Morgan fingerprint density at radius 1 is 1.30 bits per heavy atom. The summed E-state index contributed by atoms with van der Waals surface area (Å²) >= 11 is 1.21. The largest absolute Gasteiger partial charge is 0.492 e. The van der Waals surface area contributed by atoms with Crippen LogP contribution in [-0.2, 0) is 5.75 Å². The third-order valence-electron chi connectivity index (χ3n) is 2.38. The van der Waals surface area contributed by atoms with Crippen molar-refractivity contribution < 1.29 is 13.9 Å². The maximum absolute atomic E-state index is 11.8. The van der Waals surface area contributed by atoms with Gasteiger partial charge in [0.2, 0.25) is 0 Å². The summed E-state index contributed by atoms with van der Waals surface area (Å²) in [5, 5.41) is -0.0710. The molecule has 108 valence electrons. The molecule has 0 atom stereocenters. The van der Waals surface area contributed by atoms with Crippen LogP contribution in [0.2, 0.25) is 0 Å². The minimum Gasteiger partial charge on any atom is -0.492 e. The minimum absolute atomic E-state index is 0. The summed E-state index contributed by atoms with van der Waals surface area (Å²) in [5.41, 5.74) is 6.41. The van der Waals surface area contributed by atoms with Gasteiger partial charge in [-0.05, 0) is 29.8 Å². The molecule has 1 heterocycles. The predicted molar refractivity (Wildman–Crippen MR) is 82.6 cm³/mol. The van der Waals surface area contributed by atoms with Gasteiger partial charge in [0.25, 0.3) is 5.12 Å². The molecule has 4 nitrogen and oxygen atoms in total. The van der Waals surface area contributed by atoms with Crippen LogP contribution in [0, 0.1) is 0 Å². The first-order chi connectivity index (χ1) is 9.29. The number of benzene rings is 1. The maximum atomic E-state index is 11.8. The van der Waals surface area contributed by atoms with Crippen LogP contribution >= 0.6 is 24.2 Å². The fourth-order valence-corrected chi connectivity index (χ4v) is 2.25. The number of rotatable bonds is 6. The molecule has 0 amide bonds. The number of hydrogen-bond acceptors (Lipinski definition) is 5. The lowest BCUT2D eigenvalue weighted by Gasteiger charge is -2.06. The van der Waals surface area contributed by atoms with E-state index in [1.54, 1.807) is 12.1 Å². The van der Waals surface area contributed by atoms with Crippen LogP contribution in [0.25, 0.3) is 0 Å². The average molecular weight is 314 g/mol. The van der Waals surface area contributed by atoms with E-state index in [4.69, 9.17) is 14.9 Å². The first-order valence-electron chi connectivity index (χ1n) is 5.92. The number of hydrogen-bond donors (Lipinski definition) is 1. The van der Waals surface area contributed by atoms with E-state index in [9.17, 15) is 4.79 Å². The van der Waals surface area contributed by atoms with Crippen LogP contribution in [0.5, 0.6) is 5.75 Å². The molecule has 0 radical (unpaired) electrons. The molecule has 6 heteroatoms. The van der Waals surface area contributed by atoms with Crippen molar-refractivity contribution in [2.24, 2.45) is 5.73 Å². The zero-order chi connectivity index (χ0) is 13.5. The van der Waals surface area contributed by atoms with Gasteiger partial charge in [-0.25, -0.2) is 0 Å². The quantitative estimate of drug-likeness (QED) is 0.887. The Morgan fingerprint density at radius 2 is 2.15 bits per heavy atom. The third kappa shape index (κ3) is 4.92. The third-order valence-corrected chi connectivity index (χ3v) is 3.32. The van der Waals surface area contributed by atoms with Crippen molar-refractivity contribution in [2.75, 3.05) is 13.2 Å². The van der Waals surface area contributed by atoms with Gasteiger partial charge < -0.3 is 14.9 Å². The Balaban J connectivity index is 0.00000200. The van der Waals surface area contributed by atoms with Gasteiger partial charge in [0.1, 0.15) is 12.4 Å². The minimum atomic E-state index is -0.0710. The molecule has 20 heavy (non-hydrogen) atoms. The molecule has 0 aliphatic carbocycles. The van der Waals surface area contributed by atoms with Gasteiger partial charge >= 0.3 is 0 Å². The Hall–Kier alpha value is -1.43. The fraction of sp³-hybridized carbons (Fsp3) is 0.214. The van der Waals surface area contributed by atoms with E-state index in [0.29, 0.717) is 24.7 Å². The highest BCUT2D eigenvalue weighted by molar-refractivity contribution is 8.13. The molecule has 1 aromatic heterocycles. The highest BCUT2D eigenvalue weighted by atomic mass is 35.5. The highest BCUT2D eigenvalue weighted by Crippen LogP contribution is 2.21. The summed E-state index contributed by atoms with van der Waals surface area (Å²) in [4.78, 5) is 11.8. The van der Waals surface area contributed by atoms with E-state index >= 15 is 0 Å². The van der Waals surface area contributed by atoms with Gasteiger partial charge in [0, 0.05) is 12.3 Å². The van der Waals surface area contributed by atoms with E-state index < -0.39 is 0 Å². The van der Waals surface area contributed by atoms with Crippen LogP contribution in [-0.4, -0.2) is 18.3 Å². The normalized spacial score (nSPS) is 9.85. The SMILES string of the molecule is Cl.NCCOc1cccc(CSC(=O)c2ccco2)c1. The van der Waals surface area contributed by atoms with Gasteiger partial charge in [0.05, 0.1) is 6.26 Å². The van der Waals surface area contributed by atoms with Crippen molar-refractivity contribution in [3.8, 4) is 5.75 Å². The molecular formula is C14H16ClNO3S. The number of halogens is 1. The van der Waals surface area contributed by atoms with E-state index in [0.717, 1.165) is 11.3 Å². The van der Waals surface area contributed by atoms with E-state index in [1.807, 2.05) is 24.3 Å². The topological polar surface area (TPSA) is 65.5 Å². The van der Waals surface area contributed by atoms with Crippen LogP contribution < -0.4 is 10.5 Å². The van der Waals surface area contributed by atoms with Gasteiger partial charge in [-0.15, -0.1) is 12.4 Å². The molecule has 2 N–H and O–H groups in total. The van der Waals surface area contributed by atoms with Crippen molar-refractivity contribution in [3.63, 3.8) is 0 Å². The summed E-state index contributed by atoms with van der Waals surface area (Å²) in [6.07, 6.45) is 1.50. The monoisotopic (exact) mass is 313 g/mol. The number of ether oxygens (including phenoxy) is 1. The number of nitrogens with two attached hydrogens (primary N) is 1. The second-order valence-corrected chi connectivity index (χ2v) is 4.79. The van der Waals surface area contributed by atoms with E-state index in [-0.39, 0.29) is 17.5 Å². The number of furan rings is 1. The van der Waals surface area contributed by atoms with Gasteiger partial charge in [-0.1, -0.05) is 23.9 Å². The second-order valence-electron chi connectivity index (χ2n) is 3.84. The molecule has 1 aromatic carbocycles. The van der Waals surface area contributed by atoms with Crippen molar-refractivity contribution in [3.05, 3.63) is 54.0 Å². The molecule has 0 bridgehead atoms. The van der Waals surface area contributed by atoms with Crippen LogP contribution in [0.4, 0.5) is 0 Å². The first kappa shape index (κ1) is 16.6. The molecule has 0 saturated carbocycles. The van der Waals surface area contributed by atoms with Crippen molar-refractivity contribution >= 4 is 29.3 Å². The van der Waals surface area contributed by atoms with Crippen LogP contribution in [0.15, 0.2) is 47.1 Å². The molecule has 2 rings (SSSR count). The molecule has 0 aliphatic rings. The predicted octanol–water partition coefficient (Wildman–Crippen LogP) is 3.11. The molecule has 0 aliphatic heterocycles. The second kappa shape index (κ2) is 8.68. The van der Waals surface area contributed by atoms with Gasteiger partial charge in [-0.2, -0.15) is 0 Å². The smallest absolute Gasteiger partial charge is 0.254 e. The van der Waals surface area contributed by atoms with Gasteiger partial charge in [0.15, 0.2) is 5.76 Å². The number of carbonyl (C=O) groups is 1. The van der Waals surface area contributed by atoms with E-state index in [2.05, 4.69) is 0 Å². The summed E-state index contributed by atoms with van der Waals surface area (Å²) in [5.74, 6) is 1.73. The maximum Gasteiger partial charge on any atom is 0.254 e. The lowest BCUT2D eigenvalue weighted by atomic mass is 10.2. The Kier molecular flexibility index (Phi) is 7.22. The summed E-state index contributed by atoms with van der Waals surface area (Å²) < 4.78 is 10.5. The van der Waals surface area contributed by atoms with Crippen LogP contribution in [0.1, 0.15) is 16.1 Å². The lowest BCUT2D eigenvalue weighted by molar-refractivity contribution is 0.106. The molecule has 0 fully saturated rings. The summed E-state index contributed by atoms with van der Waals surface area (Å²) in [7, 11) is 0. The Morgan fingerprint density at radius 3 is 2.85 bits per heavy atom. The standard InChI is InChI=1S/C14H15NO3S.ClH/c15-6-8-17-12-4-1-3-11(9-12)10-19-14(16)13-5-2-7-18-13;/h1-5,7,9H,6,8,10,15H2;1H. The number of thioether (sulfide) groups is 1. The highest BCUT2D eigenvalue weighted by Gasteiger charge is 2.09. The zero-order valence-electron chi connectivity index (χ0n) is 10.8. The van der Waals surface area contributed by atoms with Gasteiger partial charge in [-0.3, -0.25) is 4.79 Å². The molecular weight excluding hydrogens is 298 g/mol. The Labute approximate surface area is 128 Å². The zero-order valence-corrected chi connectivity index (χ0v) is 12.4. The summed E-state index contributed by atoms with van der Waals surface area (Å²) in [6, 6.07) is 11.0. The molecule has 2 aromatic rings. The van der Waals surface area contributed by atoms with E-state index in [1.165, 1.54) is 18.0 Å². The van der Waals surface area contributed by atoms with Crippen molar-refractivity contribution in [1.82, 2.24) is 0 Å². The average Bonchev–Trinajstić information content (AvgIpc) is 2.97. The number of carbonyl (C=O) groups excluding carboxylic acids is 1. The van der Waals surface area contributed by atoms with Crippen LogP contribution in [0.3, 0.4) is 0 Å². The van der Waals surface area contributed by atoms with Crippen molar-refractivity contribution in [1.29, 1.82) is 0 Å².